The van der Waals surface area contributed by atoms with Crippen molar-refractivity contribution in [3.8, 4) is 0 Å². The van der Waals surface area contributed by atoms with Crippen LogP contribution in [0.2, 0.25) is 0 Å². The summed E-state index contributed by atoms with van der Waals surface area (Å²) < 4.78 is 5.67. The minimum atomic E-state index is 0.137. The Hall–Kier alpha value is -0.790. The number of aromatic nitrogens is 1. The molecule has 0 amide bonds. The van der Waals surface area contributed by atoms with E-state index in [9.17, 15) is 0 Å². The molecule has 0 radical (unpaired) electrons. The van der Waals surface area contributed by atoms with E-state index in [4.69, 9.17) is 4.42 Å². The van der Waals surface area contributed by atoms with E-state index < -0.39 is 0 Å². The van der Waals surface area contributed by atoms with Gasteiger partial charge in [0.1, 0.15) is 6.26 Å². The quantitative estimate of drug-likeness (QED) is 0.549. The molecule has 1 atom stereocenters. The normalized spacial score (nSPS) is 14.7. The van der Waals surface area contributed by atoms with Crippen LogP contribution < -0.4 is 0 Å². The van der Waals surface area contributed by atoms with E-state index in [0.717, 1.165) is 11.6 Å². The van der Waals surface area contributed by atoms with Crippen molar-refractivity contribution < 1.29 is 4.42 Å². The predicted octanol–water partition coefficient (Wildman–Crippen LogP) is 5.40. The topological polar surface area (TPSA) is 26.0 Å². The van der Waals surface area contributed by atoms with E-state index in [1.54, 1.807) is 6.26 Å². The molecule has 1 rings (SSSR count). The molecular weight excluding hydrogens is 222 g/mol. The Balaban J connectivity index is 2.62. The first kappa shape index (κ1) is 15.3. The van der Waals surface area contributed by atoms with Crippen LogP contribution in [0, 0.1) is 6.92 Å². The van der Waals surface area contributed by atoms with E-state index in [1.807, 2.05) is 6.92 Å². The summed E-state index contributed by atoms with van der Waals surface area (Å²) in [5.74, 6) is 0.949. The second-order valence-corrected chi connectivity index (χ2v) is 5.77. The minimum Gasteiger partial charge on any atom is -0.448 e. The van der Waals surface area contributed by atoms with Gasteiger partial charge < -0.3 is 4.42 Å². The Morgan fingerprint density at radius 1 is 1.06 bits per heavy atom. The highest BCUT2D eigenvalue weighted by Crippen LogP contribution is 2.34. The van der Waals surface area contributed by atoms with Crippen LogP contribution in [-0.4, -0.2) is 4.98 Å². The Bertz CT molecular complexity index is 332. The summed E-state index contributed by atoms with van der Waals surface area (Å²) in [6, 6.07) is 0. The van der Waals surface area contributed by atoms with Gasteiger partial charge in [0.05, 0.1) is 5.69 Å². The molecule has 0 bridgehead atoms. The Labute approximate surface area is 112 Å². The van der Waals surface area contributed by atoms with Crippen LogP contribution in [0.3, 0.4) is 0 Å². The first-order valence-corrected chi connectivity index (χ1v) is 7.55. The lowest BCUT2D eigenvalue weighted by Gasteiger charge is -2.26. The van der Waals surface area contributed by atoms with Crippen molar-refractivity contribution in [1.29, 1.82) is 0 Å². The smallest absolute Gasteiger partial charge is 0.200 e. The molecule has 2 nitrogen and oxygen atoms in total. The maximum absolute atomic E-state index is 5.67. The zero-order chi connectivity index (χ0) is 13.4. The van der Waals surface area contributed by atoms with Crippen LogP contribution in [0.1, 0.15) is 83.7 Å². The summed E-state index contributed by atoms with van der Waals surface area (Å²) in [7, 11) is 0. The fourth-order valence-corrected chi connectivity index (χ4v) is 2.48. The van der Waals surface area contributed by atoms with E-state index in [-0.39, 0.29) is 5.41 Å². The van der Waals surface area contributed by atoms with Gasteiger partial charge in [0.25, 0.3) is 0 Å². The number of hydrogen-bond donors (Lipinski definition) is 0. The zero-order valence-corrected chi connectivity index (χ0v) is 12.6. The molecule has 1 unspecified atom stereocenters. The van der Waals surface area contributed by atoms with Crippen molar-refractivity contribution in [1.82, 2.24) is 4.98 Å². The molecule has 0 fully saturated rings. The van der Waals surface area contributed by atoms with E-state index >= 15 is 0 Å². The molecule has 0 N–H and O–H groups in total. The number of aryl methyl sites for hydroxylation is 1. The van der Waals surface area contributed by atoms with Crippen LogP contribution in [0.25, 0.3) is 0 Å². The first-order valence-electron chi connectivity index (χ1n) is 7.55. The molecular formula is C16H29NO. The second kappa shape index (κ2) is 7.60. The van der Waals surface area contributed by atoms with Gasteiger partial charge in [-0.05, 0) is 19.8 Å². The third-order valence-electron chi connectivity index (χ3n) is 3.80. The maximum atomic E-state index is 5.67. The number of rotatable bonds is 9. The third kappa shape index (κ3) is 4.47. The molecule has 0 saturated heterocycles. The van der Waals surface area contributed by atoms with E-state index in [0.29, 0.717) is 0 Å². The molecule has 0 aliphatic heterocycles. The Morgan fingerprint density at radius 2 is 1.72 bits per heavy atom. The van der Waals surface area contributed by atoms with Gasteiger partial charge in [0.15, 0.2) is 5.89 Å². The van der Waals surface area contributed by atoms with Gasteiger partial charge in [-0.3, -0.25) is 0 Å². The molecule has 1 heterocycles. The summed E-state index contributed by atoms with van der Waals surface area (Å²) >= 11 is 0. The predicted molar refractivity (Wildman–Crippen MR) is 76.9 cm³/mol. The largest absolute Gasteiger partial charge is 0.448 e. The van der Waals surface area contributed by atoms with Crippen LogP contribution >= 0.6 is 0 Å². The van der Waals surface area contributed by atoms with Crippen LogP contribution in [0.4, 0.5) is 0 Å². The molecule has 1 aromatic heterocycles. The standard InChI is InChI=1S/C16H29NO/c1-5-7-9-10-12-16(4,11-8-6-2)15-17-14(3)13-18-15/h13H,5-12H2,1-4H3. The van der Waals surface area contributed by atoms with Crippen LogP contribution in [0.15, 0.2) is 10.7 Å². The first-order chi connectivity index (χ1) is 8.62. The highest BCUT2D eigenvalue weighted by Gasteiger charge is 2.30. The molecule has 18 heavy (non-hydrogen) atoms. The molecule has 1 aromatic rings. The van der Waals surface area contributed by atoms with E-state index in [2.05, 4.69) is 25.8 Å². The van der Waals surface area contributed by atoms with Gasteiger partial charge in [-0.15, -0.1) is 0 Å². The van der Waals surface area contributed by atoms with Gasteiger partial charge in [-0.2, -0.15) is 0 Å². The SMILES string of the molecule is CCCCCCC(C)(CCCC)c1nc(C)co1. The second-order valence-electron chi connectivity index (χ2n) is 5.77. The van der Waals surface area contributed by atoms with Gasteiger partial charge >= 0.3 is 0 Å². The minimum absolute atomic E-state index is 0.137. The van der Waals surface area contributed by atoms with Gasteiger partial charge in [-0.1, -0.05) is 59.3 Å². The van der Waals surface area contributed by atoms with Crippen molar-refractivity contribution >= 4 is 0 Å². The molecule has 2 heteroatoms. The summed E-state index contributed by atoms with van der Waals surface area (Å²) in [5, 5.41) is 0. The van der Waals surface area contributed by atoms with Gasteiger partial charge in [0, 0.05) is 5.41 Å². The highest BCUT2D eigenvalue weighted by atomic mass is 16.3. The Morgan fingerprint density at radius 3 is 2.28 bits per heavy atom. The summed E-state index contributed by atoms with van der Waals surface area (Å²) in [6.07, 6.45) is 11.9. The Kier molecular flexibility index (Phi) is 6.45. The highest BCUT2D eigenvalue weighted by molar-refractivity contribution is 5.06. The zero-order valence-electron chi connectivity index (χ0n) is 12.6. The monoisotopic (exact) mass is 251 g/mol. The van der Waals surface area contributed by atoms with Crippen molar-refractivity contribution in [3.63, 3.8) is 0 Å². The van der Waals surface area contributed by atoms with Crippen LogP contribution in [-0.2, 0) is 5.41 Å². The summed E-state index contributed by atoms with van der Waals surface area (Å²) in [4.78, 5) is 4.57. The molecule has 0 aliphatic carbocycles. The number of nitrogens with zero attached hydrogens (tertiary/aromatic N) is 1. The molecule has 0 spiro atoms. The third-order valence-corrected chi connectivity index (χ3v) is 3.80. The van der Waals surface area contributed by atoms with Crippen molar-refractivity contribution in [2.24, 2.45) is 0 Å². The fourth-order valence-electron chi connectivity index (χ4n) is 2.48. The van der Waals surface area contributed by atoms with E-state index in [1.165, 1.54) is 51.4 Å². The molecule has 0 saturated carbocycles. The molecule has 0 aromatic carbocycles. The average Bonchev–Trinajstić information content (AvgIpc) is 2.80. The molecule has 104 valence electrons. The lowest BCUT2D eigenvalue weighted by atomic mass is 9.80. The number of hydrogen-bond acceptors (Lipinski definition) is 2. The average molecular weight is 251 g/mol. The lowest BCUT2D eigenvalue weighted by molar-refractivity contribution is 0.289. The van der Waals surface area contributed by atoms with Crippen LogP contribution in [0.5, 0.6) is 0 Å². The van der Waals surface area contributed by atoms with Gasteiger partial charge in [0.2, 0.25) is 0 Å². The summed E-state index contributed by atoms with van der Waals surface area (Å²) in [5.41, 5.74) is 1.14. The van der Waals surface area contributed by atoms with Gasteiger partial charge in [-0.25, -0.2) is 4.98 Å². The maximum Gasteiger partial charge on any atom is 0.200 e. The van der Waals surface area contributed by atoms with Crippen molar-refractivity contribution in [3.05, 3.63) is 17.8 Å². The van der Waals surface area contributed by atoms with Crippen molar-refractivity contribution in [2.75, 3.05) is 0 Å². The summed E-state index contributed by atoms with van der Waals surface area (Å²) in [6.45, 7) is 8.83. The fraction of sp³-hybridized carbons (Fsp3) is 0.812. The number of unbranched alkanes of at least 4 members (excludes halogenated alkanes) is 4. The number of oxazole rings is 1. The van der Waals surface area contributed by atoms with Crippen molar-refractivity contribution in [2.45, 2.75) is 84.5 Å². The lowest BCUT2D eigenvalue weighted by Crippen LogP contribution is -2.22. The molecule has 0 aliphatic rings.